The average Bonchev–Trinajstić information content (AvgIpc) is 2.08. The molecule has 0 aliphatic carbocycles. The van der Waals surface area contributed by atoms with Crippen LogP contribution in [0.5, 0.6) is 0 Å². The lowest BCUT2D eigenvalue weighted by atomic mass is 10.1. The zero-order valence-electron chi connectivity index (χ0n) is 9.43. The van der Waals surface area contributed by atoms with Crippen LogP contribution < -0.4 is 4.84 Å². The van der Waals surface area contributed by atoms with Crippen molar-refractivity contribution in [3.63, 3.8) is 0 Å². The van der Waals surface area contributed by atoms with Crippen molar-refractivity contribution in [3.8, 4) is 0 Å². The van der Waals surface area contributed by atoms with Crippen LogP contribution in [0.4, 0.5) is 0 Å². The van der Waals surface area contributed by atoms with E-state index in [0.29, 0.717) is 19.4 Å². The molecule has 0 aliphatic rings. The van der Waals surface area contributed by atoms with Crippen LogP contribution in [0.2, 0.25) is 0 Å². The molecule has 6 nitrogen and oxygen atoms in total. The van der Waals surface area contributed by atoms with Crippen molar-refractivity contribution in [2.24, 2.45) is 0 Å². The molecule has 0 spiro atoms. The van der Waals surface area contributed by atoms with Gasteiger partial charge in [-0.3, -0.25) is 4.55 Å². The lowest BCUT2D eigenvalue weighted by molar-refractivity contribution is 0.0852. The highest BCUT2D eigenvalue weighted by Gasteiger charge is 2.25. The Hall–Kier alpha value is 0.0800. The van der Waals surface area contributed by atoms with E-state index >= 15 is 0 Å². The maximum atomic E-state index is 10.6. The monoisotopic (exact) mass is 274 g/mol. The molecule has 0 fully saturated rings. The Morgan fingerprint density at radius 2 is 2.00 bits per heavy atom. The highest BCUT2D eigenvalue weighted by atomic mass is 35.5. The fourth-order valence-corrected chi connectivity index (χ4v) is 2.29. The predicted molar refractivity (Wildman–Crippen MR) is 63.0 cm³/mol. The SMILES string of the molecule is CN(C)C(CCCNCl)C(O)CS(=O)(=O)O. The van der Waals surface area contributed by atoms with Crippen molar-refractivity contribution in [2.45, 2.75) is 25.0 Å². The van der Waals surface area contributed by atoms with Crippen LogP contribution in [0.15, 0.2) is 0 Å². The van der Waals surface area contributed by atoms with E-state index in [0.717, 1.165) is 0 Å². The standard InChI is InChI=1S/C8H19ClN2O4S/c1-11(2)7(4-3-5-10-9)8(12)6-16(13,14)15/h7-8,10,12H,3-6H2,1-2H3,(H,13,14,15). The quantitative estimate of drug-likeness (QED) is 0.320. The number of nitrogens with one attached hydrogen (secondary N) is 1. The molecule has 8 heteroatoms. The molecule has 0 heterocycles. The number of rotatable bonds is 8. The molecular weight excluding hydrogens is 256 g/mol. The minimum Gasteiger partial charge on any atom is -0.390 e. The minimum atomic E-state index is -4.15. The van der Waals surface area contributed by atoms with Gasteiger partial charge in [-0.15, -0.1) is 0 Å². The Morgan fingerprint density at radius 1 is 1.44 bits per heavy atom. The van der Waals surface area contributed by atoms with Gasteiger partial charge in [-0.25, -0.2) is 4.84 Å². The first-order valence-electron chi connectivity index (χ1n) is 4.91. The molecule has 2 atom stereocenters. The van der Waals surface area contributed by atoms with Gasteiger partial charge in [-0.2, -0.15) is 8.42 Å². The minimum absolute atomic E-state index is 0.327. The van der Waals surface area contributed by atoms with Gasteiger partial charge in [-0.1, -0.05) is 0 Å². The maximum absolute atomic E-state index is 10.6. The summed E-state index contributed by atoms with van der Waals surface area (Å²) in [7, 11) is -0.667. The number of likely N-dealkylation sites (N-methyl/N-ethyl adjacent to an activating group) is 1. The van der Waals surface area contributed by atoms with Gasteiger partial charge in [0.1, 0.15) is 5.75 Å². The Bertz CT molecular complexity index is 284. The third kappa shape index (κ3) is 7.37. The summed E-state index contributed by atoms with van der Waals surface area (Å²) in [5.41, 5.74) is 0. The van der Waals surface area contributed by atoms with Gasteiger partial charge in [0, 0.05) is 12.6 Å². The van der Waals surface area contributed by atoms with E-state index in [2.05, 4.69) is 4.84 Å². The van der Waals surface area contributed by atoms with E-state index in [1.807, 2.05) is 0 Å². The fourth-order valence-electron chi connectivity index (χ4n) is 1.50. The van der Waals surface area contributed by atoms with Crippen molar-refractivity contribution >= 4 is 21.9 Å². The summed E-state index contributed by atoms with van der Waals surface area (Å²) in [6.07, 6.45) is 0.179. The van der Waals surface area contributed by atoms with Gasteiger partial charge in [0.05, 0.1) is 6.10 Å². The summed E-state index contributed by atoms with van der Waals surface area (Å²) in [6, 6.07) is -0.327. The molecule has 0 aromatic carbocycles. The molecule has 2 unspecified atom stereocenters. The zero-order valence-corrected chi connectivity index (χ0v) is 11.0. The second-order valence-electron chi connectivity index (χ2n) is 3.87. The van der Waals surface area contributed by atoms with Gasteiger partial charge >= 0.3 is 0 Å². The average molecular weight is 275 g/mol. The first-order valence-corrected chi connectivity index (χ1v) is 6.89. The fraction of sp³-hybridized carbons (Fsp3) is 1.00. The first-order chi connectivity index (χ1) is 7.28. The number of halogens is 1. The summed E-state index contributed by atoms with van der Waals surface area (Å²) in [5.74, 6) is -0.649. The van der Waals surface area contributed by atoms with E-state index in [9.17, 15) is 13.5 Å². The van der Waals surface area contributed by atoms with Crippen molar-refractivity contribution in [1.29, 1.82) is 0 Å². The normalized spacial score (nSPS) is 16.4. The van der Waals surface area contributed by atoms with Crippen LogP contribution >= 0.6 is 11.8 Å². The molecule has 0 radical (unpaired) electrons. The lowest BCUT2D eigenvalue weighted by Gasteiger charge is -2.28. The van der Waals surface area contributed by atoms with Crippen LogP contribution in [-0.2, 0) is 10.1 Å². The van der Waals surface area contributed by atoms with Crippen LogP contribution in [0, 0.1) is 0 Å². The van der Waals surface area contributed by atoms with Crippen LogP contribution in [-0.4, -0.2) is 61.5 Å². The van der Waals surface area contributed by atoms with E-state index in [-0.39, 0.29) is 6.04 Å². The smallest absolute Gasteiger partial charge is 0.267 e. The van der Waals surface area contributed by atoms with Gasteiger partial charge in [0.2, 0.25) is 0 Å². The highest BCUT2D eigenvalue weighted by Crippen LogP contribution is 2.10. The van der Waals surface area contributed by atoms with Crippen LogP contribution in [0.1, 0.15) is 12.8 Å². The van der Waals surface area contributed by atoms with E-state index < -0.39 is 22.0 Å². The van der Waals surface area contributed by atoms with Gasteiger partial charge in [0.15, 0.2) is 0 Å². The van der Waals surface area contributed by atoms with Crippen LogP contribution in [0.3, 0.4) is 0 Å². The Morgan fingerprint density at radius 3 is 2.38 bits per heavy atom. The molecule has 16 heavy (non-hydrogen) atoms. The molecular formula is C8H19ClN2O4S. The summed E-state index contributed by atoms with van der Waals surface area (Å²) >= 11 is 5.29. The van der Waals surface area contributed by atoms with Gasteiger partial charge in [0.25, 0.3) is 10.1 Å². The Balaban J connectivity index is 4.29. The predicted octanol–water partition coefficient (Wildman–Crippen LogP) is -0.311. The third-order valence-corrected chi connectivity index (χ3v) is 3.21. The topological polar surface area (TPSA) is 89.9 Å². The van der Waals surface area contributed by atoms with Gasteiger partial charge < -0.3 is 10.0 Å². The van der Waals surface area contributed by atoms with Gasteiger partial charge in [-0.05, 0) is 38.7 Å². The molecule has 3 N–H and O–H groups in total. The van der Waals surface area contributed by atoms with E-state index in [1.54, 1.807) is 19.0 Å². The molecule has 0 saturated carbocycles. The second kappa shape index (κ2) is 7.41. The largest absolute Gasteiger partial charge is 0.390 e. The van der Waals surface area contributed by atoms with Crippen molar-refractivity contribution in [3.05, 3.63) is 0 Å². The number of hydrogen-bond acceptors (Lipinski definition) is 5. The van der Waals surface area contributed by atoms with Crippen LogP contribution in [0.25, 0.3) is 0 Å². The van der Waals surface area contributed by atoms with Crippen molar-refractivity contribution < 1.29 is 18.1 Å². The zero-order chi connectivity index (χ0) is 12.8. The number of hydrogen-bond donors (Lipinski definition) is 3. The van der Waals surface area contributed by atoms with E-state index in [4.69, 9.17) is 16.3 Å². The lowest BCUT2D eigenvalue weighted by Crippen LogP contribution is -2.42. The van der Waals surface area contributed by atoms with Crippen molar-refractivity contribution in [1.82, 2.24) is 9.74 Å². The maximum Gasteiger partial charge on any atom is 0.267 e. The molecule has 0 aliphatic heterocycles. The summed E-state index contributed by atoms with van der Waals surface area (Å²) in [4.78, 5) is 4.18. The Kier molecular flexibility index (Phi) is 7.45. The number of aliphatic hydroxyl groups is 1. The summed E-state index contributed by atoms with van der Waals surface area (Å²) in [5, 5.41) is 9.68. The summed E-state index contributed by atoms with van der Waals surface area (Å²) in [6.45, 7) is 0.574. The molecule has 0 rings (SSSR count). The number of nitrogens with zero attached hydrogens (tertiary/aromatic N) is 1. The van der Waals surface area contributed by atoms with Crippen molar-refractivity contribution in [2.75, 3.05) is 26.4 Å². The first kappa shape index (κ1) is 16.1. The molecule has 98 valence electrons. The Labute approximate surface area is 101 Å². The summed E-state index contributed by atoms with van der Waals surface area (Å²) < 4.78 is 29.9. The molecule has 0 bridgehead atoms. The molecule has 0 saturated heterocycles. The molecule has 0 aromatic rings. The molecule has 0 aromatic heterocycles. The molecule has 0 amide bonds. The second-order valence-corrected chi connectivity index (χ2v) is 5.64. The third-order valence-electron chi connectivity index (χ3n) is 2.26. The number of aliphatic hydroxyl groups excluding tert-OH is 1. The van der Waals surface area contributed by atoms with E-state index in [1.165, 1.54) is 0 Å². The highest BCUT2D eigenvalue weighted by molar-refractivity contribution is 7.85.